The van der Waals surface area contributed by atoms with E-state index in [2.05, 4.69) is 10.3 Å². The van der Waals surface area contributed by atoms with Crippen LogP contribution in [0.4, 0.5) is 6.01 Å². The maximum atomic E-state index is 9.29. The van der Waals surface area contributed by atoms with Gasteiger partial charge < -0.3 is 14.8 Å². The molecule has 0 aromatic carbocycles. The van der Waals surface area contributed by atoms with E-state index in [0.29, 0.717) is 12.1 Å². The van der Waals surface area contributed by atoms with Crippen LogP contribution in [-0.4, -0.2) is 22.2 Å². The van der Waals surface area contributed by atoms with Crippen LogP contribution in [0.2, 0.25) is 0 Å². The molecule has 1 fully saturated rings. The van der Waals surface area contributed by atoms with Crippen LogP contribution >= 0.6 is 0 Å². The van der Waals surface area contributed by atoms with Gasteiger partial charge in [0.2, 0.25) is 0 Å². The maximum Gasteiger partial charge on any atom is 0.294 e. The summed E-state index contributed by atoms with van der Waals surface area (Å²) in [6, 6.07) is 0.879. The molecule has 4 heteroatoms. The van der Waals surface area contributed by atoms with Crippen molar-refractivity contribution in [2.45, 2.75) is 38.3 Å². The van der Waals surface area contributed by atoms with Crippen molar-refractivity contribution in [3.63, 3.8) is 0 Å². The first-order chi connectivity index (χ1) is 6.24. The number of aliphatic hydroxyl groups excluding tert-OH is 1. The van der Waals surface area contributed by atoms with Crippen molar-refractivity contribution in [3.05, 3.63) is 12.0 Å². The summed E-state index contributed by atoms with van der Waals surface area (Å²) in [5, 5.41) is 12.4. The lowest BCUT2D eigenvalue weighted by atomic mass is 10.2. The van der Waals surface area contributed by atoms with Crippen LogP contribution in [0.1, 0.15) is 25.0 Å². The van der Waals surface area contributed by atoms with Crippen molar-refractivity contribution in [3.8, 4) is 0 Å². The average Bonchev–Trinajstić information content (AvgIpc) is 2.62. The molecule has 1 aliphatic carbocycles. The number of hydrogen-bond acceptors (Lipinski definition) is 4. The Morgan fingerprint density at radius 1 is 1.62 bits per heavy atom. The van der Waals surface area contributed by atoms with Crippen molar-refractivity contribution in [1.82, 2.24) is 4.98 Å². The van der Waals surface area contributed by atoms with Crippen molar-refractivity contribution < 1.29 is 9.52 Å². The number of nitrogens with one attached hydrogen (secondary N) is 1. The highest BCUT2D eigenvalue weighted by molar-refractivity contribution is 5.23. The van der Waals surface area contributed by atoms with Gasteiger partial charge in [-0.3, -0.25) is 0 Å². The summed E-state index contributed by atoms with van der Waals surface area (Å²) in [6.07, 6.45) is 4.11. The van der Waals surface area contributed by atoms with Crippen molar-refractivity contribution >= 4 is 6.01 Å². The largest absolute Gasteiger partial charge is 0.432 e. The van der Waals surface area contributed by atoms with Crippen LogP contribution in [0.25, 0.3) is 0 Å². The highest BCUT2D eigenvalue weighted by atomic mass is 16.4. The summed E-state index contributed by atoms with van der Waals surface area (Å²) in [7, 11) is 0. The fourth-order valence-electron chi connectivity index (χ4n) is 1.68. The van der Waals surface area contributed by atoms with E-state index in [1.165, 1.54) is 0 Å². The van der Waals surface area contributed by atoms with E-state index in [9.17, 15) is 5.11 Å². The van der Waals surface area contributed by atoms with Crippen LogP contribution in [0.3, 0.4) is 0 Å². The fraction of sp³-hybridized carbons (Fsp3) is 0.667. The van der Waals surface area contributed by atoms with Gasteiger partial charge in [-0.15, -0.1) is 0 Å². The Labute approximate surface area is 77.0 Å². The molecule has 1 aromatic rings. The summed E-state index contributed by atoms with van der Waals surface area (Å²) >= 11 is 0. The number of hydrogen-bond donors (Lipinski definition) is 2. The van der Waals surface area contributed by atoms with Gasteiger partial charge in [0.15, 0.2) is 0 Å². The second kappa shape index (κ2) is 3.38. The predicted octanol–water partition coefficient (Wildman–Crippen LogP) is 1.31. The van der Waals surface area contributed by atoms with E-state index in [1.54, 1.807) is 6.26 Å². The lowest BCUT2D eigenvalue weighted by Crippen LogP contribution is -2.16. The summed E-state index contributed by atoms with van der Waals surface area (Å²) in [6.45, 7) is 1.89. The van der Waals surface area contributed by atoms with Gasteiger partial charge in [-0.2, -0.15) is 4.98 Å². The molecule has 2 rings (SSSR count). The SMILES string of the molecule is Cc1coc(N[C@H]2CC[C@@H](O)C2)n1. The minimum atomic E-state index is -0.159. The molecule has 0 spiro atoms. The van der Waals surface area contributed by atoms with Crippen LogP contribution < -0.4 is 5.32 Å². The molecule has 0 aliphatic heterocycles. The fourth-order valence-corrected chi connectivity index (χ4v) is 1.68. The summed E-state index contributed by atoms with van der Waals surface area (Å²) < 4.78 is 5.16. The first-order valence-electron chi connectivity index (χ1n) is 4.61. The minimum Gasteiger partial charge on any atom is -0.432 e. The lowest BCUT2D eigenvalue weighted by molar-refractivity contribution is 0.182. The molecule has 4 nitrogen and oxygen atoms in total. The summed E-state index contributed by atoms with van der Waals surface area (Å²) in [4.78, 5) is 4.14. The molecule has 13 heavy (non-hydrogen) atoms. The number of nitrogens with zero attached hydrogens (tertiary/aromatic N) is 1. The van der Waals surface area contributed by atoms with Gasteiger partial charge >= 0.3 is 0 Å². The third-order valence-corrected chi connectivity index (χ3v) is 2.35. The Morgan fingerprint density at radius 3 is 3.00 bits per heavy atom. The maximum absolute atomic E-state index is 9.29. The van der Waals surface area contributed by atoms with E-state index in [-0.39, 0.29) is 6.10 Å². The summed E-state index contributed by atoms with van der Waals surface area (Å²) in [5.41, 5.74) is 0.876. The molecule has 1 heterocycles. The van der Waals surface area contributed by atoms with E-state index < -0.39 is 0 Å². The number of aliphatic hydroxyl groups is 1. The topological polar surface area (TPSA) is 58.3 Å². The van der Waals surface area contributed by atoms with Gasteiger partial charge in [0.1, 0.15) is 6.26 Å². The molecule has 0 amide bonds. The van der Waals surface area contributed by atoms with Crippen LogP contribution in [0, 0.1) is 6.92 Å². The third-order valence-electron chi connectivity index (χ3n) is 2.35. The molecule has 0 unspecified atom stereocenters. The number of rotatable bonds is 2. The van der Waals surface area contributed by atoms with Crippen molar-refractivity contribution in [1.29, 1.82) is 0 Å². The molecule has 2 atom stereocenters. The Hall–Kier alpha value is -1.03. The Morgan fingerprint density at radius 2 is 2.46 bits per heavy atom. The zero-order chi connectivity index (χ0) is 9.26. The van der Waals surface area contributed by atoms with Crippen LogP contribution in [-0.2, 0) is 0 Å². The third kappa shape index (κ3) is 2.01. The van der Waals surface area contributed by atoms with Gasteiger partial charge in [0.05, 0.1) is 11.8 Å². The second-order valence-corrected chi connectivity index (χ2v) is 3.60. The van der Waals surface area contributed by atoms with Gasteiger partial charge in [-0.05, 0) is 26.2 Å². The number of anilines is 1. The van der Waals surface area contributed by atoms with Crippen molar-refractivity contribution in [2.75, 3.05) is 5.32 Å². The average molecular weight is 182 g/mol. The number of aromatic nitrogens is 1. The van der Waals surface area contributed by atoms with E-state index in [4.69, 9.17) is 4.42 Å². The van der Waals surface area contributed by atoms with Gasteiger partial charge in [0, 0.05) is 6.04 Å². The molecule has 0 radical (unpaired) electrons. The predicted molar refractivity (Wildman–Crippen MR) is 48.5 cm³/mol. The lowest BCUT2D eigenvalue weighted by Gasteiger charge is -2.08. The van der Waals surface area contributed by atoms with Gasteiger partial charge in [-0.1, -0.05) is 0 Å². The van der Waals surface area contributed by atoms with E-state index in [0.717, 1.165) is 25.0 Å². The Kier molecular flexibility index (Phi) is 2.22. The van der Waals surface area contributed by atoms with E-state index >= 15 is 0 Å². The smallest absolute Gasteiger partial charge is 0.294 e. The minimum absolute atomic E-state index is 0.159. The number of aryl methyl sites for hydroxylation is 1. The van der Waals surface area contributed by atoms with Crippen molar-refractivity contribution in [2.24, 2.45) is 0 Å². The molecular formula is C9H14N2O2. The normalized spacial score (nSPS) is 27.8. The van der Waals surface area contributed by atoms with Crippen LogP contribution in [0.5, 0.6) is 0 Å². The highest BCUT2D eigenvalue weighted by Gasteiger charge is 2.23. The highest BCUT2D eigenvalue weighted by Crippen LogP contribution is 2.22. The zero-order valence-electron chi connectivity index (χ0n) is 7.66. The number of oxazole rings is 1. The first kappa shape index (κ1) is 8.56. The molecule has 1 saturated carbocycles. The van der Waals surface area contributed by atoms with Crippen LogP contribution in [0.15, 0.2) is 10.7 Å². The standard InChI is InChI=1S/C9H14N2O2/c1-6-5-13-9(10-6)11-7-2-3-8(12)4-7/h5,7-8,12H,2-4H2,1H3,(H,10,11)/t7-,8+/m0/s1. The second-order valence-electron chi connectivity index (χ2n) is 3.60. The molecule has 1 aliphatic rings. The molecule has 0 saturated heterocycles. The Bertz CT molecular complexity index is 285. The molecule has 1 aromatic heterocycles. The summed E-state index contributed by atoms with van der Waals surface area (Å²) in [5.74, 6) is 0. The quantitative estimate of drug-likeness (QED) is 0.724. The van der Waals surface area contributed by atoms with Gasteiger partial charge in [0.25, 0.3) is 6.01 Å². The molecule has 0 bridgehead atoms. The molecular weight excluding hydrogens is 168 g/mol. The zero-order valence-corrected chi connectivity index (χ0v) is 7.66. The molecule has 2 N–H and O–H groups in total. The first-order valence-corrected chi connectivity index (χ1v) is 4.61. The Balaban J connectivity index is 1.91. The monoisotopic (exact) mass is 182 g/mol. The molecule has 72 valence electrons. The van der Waals surface area contributed by atoms with Gasteiger partial charge in [-0.25, -0.2) is 0 Å². The van der Waals surface area contributed by atoms with E-state index in [1.807, 2.05) is 6.92 Å².